The summed E-state index contributed by atoms with van der Waals surface area (Å²) in [5.41, 5.74) is 1.89. The Kier molecular flexibility index (Phi) is 3.82. The Morgan fingerprint density at radius 3 is 2.14 bits per heavy atom. The number of rotatable bonds is 3. The molecule has 3 aromatic rings. The first kappa shape index (κ1) is 14.9. The summed E-state index contributed by atoms with van der Waals surface area (Å²) in [6.07, 6.45) is 0. The van der Waals surface area contributed by atoms with Crippen LogP contribution in [0.2, 0.25) is 0 Å². The van der Waals surface area contributed by atoms with E-state index in [0.29, 0.717) is 16.0 Å². The van der Waals surface area contributed by atoms with E-state index in [0.717, 1.165) is 5.56 Å². The zero-order valence-electron chi connectivity index (χ0n) is 11.4. The topological polar surface area (TPSA) is 60.2 Å². The molecule has 0 spiro atoms. The van der Waals surface area contributed by atoms with Crippen LogP contribution in [-0.4, -0.2) is 8.42 Å². The van der Waals surface area contributed by atoms with Gasteiger partial charge in [0.15, 0.2) is 0 Å². The van der Waals surface area contributed by atoms with E-state index < -0.39 is 10.0 Å². The van der Waals surface area contributed by atoms with Gasteiger partial charge in [-0.3, -0.25) is 0 Å². The van der Waals surface area contributed by atoms with Gasteiger partial charge in [0.1, 0.15) is 10.7 Å². The van der Waals surface area contributed by atoms with E-state index in [2.05, 4.69) is 0 Å². The third-order valence-electron chi connectivity index (χ3n) is 3.22. The highest BCUT2D eigenvalue weighted by Crippen LogP contribution is 2.40. The van der Waals surface area contributed by atoms with Gasteiger partial charge in [-0.05, 0) is 23.3 Å². The molecule has 0 aliphatic rings. The summed E-state index contributed by atoms with van der Waals surface area (Å²) >= 11 is 1.30. The van der Waals surface area contributed by atoms with Crippen LogP contribution in [0.25, 0.3) is 21.6 Å². The molecule has 0 saturated heterocycles. The number of nitrogens with two attached hydrogens (primary N) is 1. The fourth-order valence-electron chi connectivity index (χ4n) is 2.25. The quantitative estimate of drug-likeness (QED) is 0.791. The average molecular weight is 333 g/mol. The predicted octanol–water partition coefficient (Wildman–Crippen LogP) is 3.87. The van der Waals surface area contributed by atoms with Gasteiger partial charge in [-0.25, -0.2) is 17.9 Å². The van der Waals surface area contributed by atoms with Crippen molar-refractivity contribution in [1.29, 1.82) is 0 Å². The summed E-state index contributed by atoms with van der Waals surface area (Å²) in [4.78, 5) is 0.665. The Bertz CT molecular complexity index is 901. The molecule has 0 atom stereocenters. The van der Waals surface area contributed by atoms with Gasteiger partial charge in [0.05, 0.1) is 4.88 Å². The van der Waals surface area contributed by atoms with Crippen molar-refractivity contribution in [3.05, 3.63) is 65.8 Å². The maximum Gasteiger partial charge on any atom is 0.240 e. The Balaban J connectivity index is 2.25. The first-order valence-corrected chi connectivity index (χ1v) is 8.85. The number of sulfonamides is 1. The highest BCUT2D eigenvalue weighted by molar-refractivity contribution is 7.89. The second-order valence-corrected chi connectivity index (χ2v) is 7.10. The molecule has 3 nitrogen and oxygen atoms in total. The number of primary sulfonamides is 1. The SMILES string of the molecule is NS(=O)(=O)c1c(-c2ccc(F)cc2)csc1-c1ccccc1. The summed E-state index contributed by atoms with van der Waals surface area (Å²) in [7, 11) is -3.91. The monoisotopic (exact) mass is 333 g/mol. The zero-order chi connectivity index (χ0) is 15.7. The molecule has 1 heterocycles. The largest absolute Gasteiger partial charge is 0.240 e. The number of hydrogen-bond donors (Lipinski definition) is 1. The van der Waals surface area contributed by atoms with Gasteiger partial charge in [-0.2, -0.15) is 0 Å². The van der Waals surface area contributed by atoms with Crippen molar-refractivity contribution in [3.63, 3.8) is 0 Å². The summed E-state index contributed by atoms with van der Waals surface area (Å²) in [6.45, 7) is 0. The van der Waals surface area contributed by atoms with Crippen LogP contribution in [0.4, 0.5) is 4.39 Å². The standard InChI is InChI=1S/C16H12FNO2S2/c17-13-8-6-11(7-9-13)14-10-21-15(16(14)22(18,19)20)12-4-2-1-3-5-12/h1-10H,(H2,18,19,20). The molecule has 112 valence electrons. The van der Waals surface area contributed by atoms with E-state index >= 15 is 0 Å². The molecule has 2 aromatic carbocycles. The molecule has 0 unspecified atom stereocenters. The summed E-state index contributed by atoms with van der Waals surface area (Å²) < 4.78 is 37.2. The summed E-state index contributed by atoms with van der Waals surface area (Å²) in [5, 5.41) is 7.14. The smallest absolute Gasteiger partial charge is 0.225 e. The second-order valence-electron chi connectivity index (χ2n) is 4.73. The lowest BCUT2D eigenvalue weighted by Gasteiger charge is -2.06. The molecule has 0 radical (unpaired) electrons. The summed E-state index contributed by atoms with van der Waals surface area (Å²) in [6, 6.07) is 14.9. The number of hydrogen-bond acceptors (Lipinski definition) is 3. The lowest BCUT2D eigenvalue weighted by molar-refractivity contribution is 0.598. The van der Waals surface area contributed by atoms with Crippen LogP contribution in [-0.2, 0) is 10.0 Å². The van der Waals surface area contributed by atoms with Crippen LogP contribution in [0.1, 0.15) is 0 Å². The van der Waals surface area contributed by atoms with Crippen molar-refractivity contribution >= 4 is 21.4 Å². The molecule has 0 bridgehead atoms. The Labute approximate surface area is 131 Å². The predicted molar refractivity (Wildman–Crippen MR) is 86.5 cm³/mol. The Morgan fingerprint density at radius 1 is 0.909 bits per heavy atom. The molecule has 0 amide bonds. The van der Waals surface area contributed by atoms with Crippen LogP contribution >= 0.6 is 11.3 Å². The zero-order valence-corrected chi connectivity index (χ0v) is 13.0. The van der Waals surface area contributed by atoms with Crippen molar-refractivity contribution in [3.8, 4) is 21.6 Å². The Morgan fingerprint density at radius 2 is 1.55 bits per heavy atom. The minimum Gasteiger partial charge on any atom is -0.225 e. The van der Waals surface area contributed by atoms with Gasteiger partial charge in [0.2, 0.25) is 10.0 Å². The number of benzene rings is 2. The van der Waals surface area contributed by atoms with Crippen molar-refractivity contribution in [1.82, 2.24) is 0 Å². The minimum absolute atomic E-state index is 0.0790. The van der Waals surface area contributed by atoms with Crippen LogP contribution < -0.4 is 5.14 Å². The number of halogens is 1. The van der Waals surface area contributed by atoms with Gasteiger partial charge in [-0.15, -0.1) is 11.3 Å². The lowest BCUT2D eigenvalue weighted by atomic mass is 10.1. The molecule has 22 heavy (non-hydrogen) atoms. The molecule has 0 saturated carbocycles. The summed E-state index contributed by atoms with van der Waals surface area (Å²) in [5.74, 6) is -0.376. The molecule has 0 aliphatic heterocycles. The fourth-order valence-corrected chi connectivity index (χ4v) is 4.65. The van der Waals surface area contributed by atoms with E-state index in [1.165, 1.54) is 23.5 Å². The average Bonchev–Trinajstić information content (AvgIpc) is 2.94. The normalized spacial score (nSPS) is 11.5. The van der Waals surface area contributed by atoms with Crippen LogP contribution in [0.15, 0.2) is 64.9 Å². The maximum atomic E-state index is 13.1. The third kappa shape index (κ3) is 2.81. The highest BCUT2D eigenvalue weighted by Gasteiger charge is 2.23. The van der Waals surface area contributed by atoms with E-state index in [1.807, 2.05) is 30.3 Å². The molecule has 0 aliphatic carbocycles. The van der Waals surface area contributed by atoms with Gasteiger partial charge in [0.25, 0.3) is 0 Å². The molecule has 3 rings (SSSR count). The van der Waals surface area contributed by atoms with Crippen LogP contribution in [0.3, 0.4) is 0 Å². The van der Waals surface area contributed by atoms with Gasteiger partial charge < -0.3 is 0 Å². The van der Waals surface area contributed by atoms with E-state index in [9.17, 15) is 12.8 Å². The van der Waals surface area contributed by atoms with Crippen molar-refractivity contribution in [2.24, 2.45) is 5.14 Å². The van der Waals surface area contributed by atoms with Crippen LogP contribution in [0.5, 0.6) is 0 Å². The van der Waals surface area contributed by atoms with Crippen molar-refractivity contribution < 1.29 is 12.8 Å². The van der Waals surface area contributed by atoms with E-state index in [1.54, 1.807) is 17.5 Å². The minimum atomic E-state index is -3.91. The van der Waals surface area contributed by atoms with Gasteiger partial charge >= 0.3 is 0 Å². The number of thiophene rings is 1. The van der Waals surface area contributed by atoms with E-state index in [-0.39, 0.29) is 10.7 Å². The van der Waals surface area contributed by atoms with Gasteiger partial charge in [0, 0.05) is 10.9 Å². The van der Waals surface area contributed by atoms with E-state index in [4.69, 9.17) is 5.14 Å². The first-order valence-electron chi connectivity index (χ1n) is 6.42. The maximum absolute atomic E-state index is 13.1. The molecule has 0 fully saturated rings. The molecule has 2 N–H and O–H groups in total. The Hall–Kier alpha value is -2.02. The van der Waals surface area contributed by atoms with Crippen molar-refractivity contribution in [2.45, 2.75) is 4.90 Å². The molecular weight excluding hydrogens is 321 g/mol. The second kappa shape index (κ2) is 5.64. The molecule has 6 heteroatoms. The fraction of sp³-hybridized carbons (Fsp3) is 0. The van der Waals surface area contributed by atoms with Crippen LogP contribution in [0, 0.1) is 5.82 Å². The molecule has 1 aromatic heterocycles. The van der Waals surface area contributed by atoms with Crippen molar-refractivity contribution in [2.75, 3.05) is 0 Å². The first-order chi connectivity index (χ1) is 10.5. The third-order valence-corrected chi connectivity index (χ3v) is 5.37. The lowest BCUT2D eigenvalue weighted by Crippen LogP contribution is -2.13. The highest BCUT2D eigenvalue weighted by atomic mass is 32.2. The van der Waals surface area contributed by atoms with Gasteiger partial charge in [-0.1, -0.05) is 42.5 Å². The molecular formula is C16H12FNO2S2.